The lowest BCUT2D eigenvalue weighted by molar-refractivity contribution is 0.277. The van der Waals surface area contributed by atoms with Crippen molar-refractivity contribution >= 4 is 5.69 Å². The summed E-state index contributed by atoms with van der Waals surface area (Å²) in [6.45, 7) is 7.69. The molecule has 2 heterocycles. The zero-order valence-corrected chi connectivity index (χ0v) is 13.6. The number of rotatable bonds is 2. The van der Waals surface area contributed by atoms with Crippen LogP contribution in [-0.4, -0.2) is 30.7 Å². The van der Waals surface area contributed by atoms with Gasteiger partial charge in [-0.05, 0) is 57.7 Å². The maximum atomic E-state index is 4.65. The Kier molecular flexibility index (Phi) is 4.79. The van der Waals surface area contributed by atoms with E-state index in [9.17, 15) is 0 Å². The molecule has 0 aromatic carbocycles. The molecular weight excluding hydrogens is 258 g/mol. The predicted molar refractivity (Wildman–Crippen MR) is 88.9 cm³/mol. The fourth-order valence-electron chi connectivity index (χ4n) is 4.04. The number of nitrogens with one attached hydrogen (secondary N) is 1. The highest BCUT2D eigenvalue weighted by molar-refractivity contribution is 5.51. The molecule has 116 valence electrons. The fourth-order valence-corrected chi connectivity index (χ4v) is 4.04. The molecule has 3 nitrogen and oxygen atoms in total. The topological polar surface area (TPSA) is 28.2 Å². The summed E-state index contributed by atoms with van der Waals surface area (Å²) in [5.41, 5.74) is 3.64. The van der Waals surface area contributed by atoms with Crippen LogP contribution in [0.2, 0.25) is 0 Å². The Labute approximate surface area is 129 Å². The second-order valence-corrected chi connectivity index (χ2v) is 6.82. The standard InChI is InChI=1S/C18H29N3/c1-14-9-10-18(15(2)20-14)21-12-6-11-19-17(13-21)16-7-4-3-5-8-16/h9-10,16-17,19H,3-8,11-13H2,1-2H3. The zero-order valence-electron chi connectivity index (χ0n) is 13.6. The zero-order chi connectivity index (χ0) is 14.7. The third-order valence-corrected chi connectivity index (χ3v) is 5.19. The van der Waals surface area contributed by atoms with Gasteiger partial charge in [0.2, 0.25) is 0 Å². The number of anilines is 1. The van der Waals surface area contributed by atoms with Crippen LogP contribution in [0.1, 0.15) is 49.9 Å². The monoisotopic (exact) mass is 287 g/mol. The molecule has 21 heavy (non-hydrogen) atoms. The quantitative estimate of drug-likeness (QED) is 0.903. The second kappa shape index (κ2) is 6.78. The first-order valence-electron chi connectivity index (χ1n) is 8.66. The van der Waals surface area contributed by atoms with Crippen molar-refractivity contribution in [1.29, 1.82) is 0 Å². The molecule has 0 spiro atoms. The number of nitrogens with zero attached hydrogens (tertiary/aromatic N) is 2. The molecule has 3 rings (SSSR count). The Hall–Kier alpha value is -1.09. The van der Waals surface area contributed by atoms with Crippen LogP contribution in [0.15, 0.2) is 12.1 Å². The third-order valence-electron chi connectivity index (χ3n) is 5.19. The highest BCUT2D eigenvalue weighted by Gasteiger charge is 2.27. The van der Waals surface area contributed by atoms with Crippen LogP contribution < -0.4 is 10.2 Å². The average molecular weight is 287 g/mol. The minimum absolute atomic E-state index is 0.661. The smallest absolute Gasteiger partial charge is 0.0608 e. The Morgan fingerprint density at radius 1 is 1.10 bits per heavy atom. The molecule has 0 bridgehead atoms. The lowest BCUT2D eigenvalue weighted by Crippen LogP contribution is -2.44. The van der Waals surface area contributed by atoms with Crippen molar-refractivity contribution < 1.29 is 0 Å². The van der Waals surface area contributed by atoms with Crippen LogP contribution in [0.4, 0.5) is 5.69 Å². The van der Waals surface area contributed by atoms with E-state index in [2.05, 4.69) is 41.2 Å². The van der Waals surface area contributed by atoms with Gasteiger partial charge in [-0.25, -0.2) is 0 Å². The summed E-state index contributed by atoms with van der Waals surface area (Å²) in [5.74, 6) is 0.873. The van der Waals surface area contributed by atoms with Crippen LogP contribution in [0.5, 0.6) is 0 Å². The van der Waals surface area contributed by atoms with E-state index in [0.717, 1.165) is 31.2 Å². The van der Waals surface area contributed by atoms with Crippen LogP contribution in [0, 0.1) is 19.8 Å². The van der Waals surface area contributed by atoms with Crippen LogP contribution in [0.3, 0.4) is 0 Å². The average Bonchev–Trinajstić information content (AvgIpc) is 2.74. The van der Waals surface area contributed by atoms with Gasteiger partial charge in [-0.15, -0.1) is 0 Å². The molecule has 1 saturated heterocycles. The Morgan fingerprint density at radius 3 is 2.67 bits per heavy atom. The molecule has 0 amide bonds. The first kappa shape index (κ1) is 14.8. The molecule has 1 aliphatic heterocycles. The van der Waals surface area contributed by atoms with E-state index in [1.807, 2.05) is 0 Å². The lowest BCUT2D eigenvalue weighted by Gasteiger charge is -2.34. The molecule has 1 aliphatic carbocycles. The van der Waals surface area contributed by atoms with Gasteiger partial charge in [0.15, 0.2) is 0 Å². The molecule has 1 aromatic heterocycles. The number of hydrogen-bond acceptors (Lipinski definition) is 3. The molecule has 1 N–H and O–H groups in total. The molecule has 3 heteroatoms. The Morgan fingerprint density at radius 2 is 1.90 bits per heavy atom. The largest absolute Gasteiger partial charge is 0.368 e. The molecule has 1 saturated carbocycles. The van der Waals surface area contributed by atoms with Crippen molar-refractivity contribution in [2.75, 3.05) is 24.5 Å². The third kappa shape index (κ3) is 3.57. The first-order chi connectivity index (χ1) is 10.2. The van der Waals surface area contributed by atoms with E-state index in [0.29, 0.717) is 6.04 Å². The van der Waals surface area contributed by atoms with Crippen molar-refractivity contribution in [3.8, 4) is 0 Å². The highest BCUT2D eigenvalue weighted by atomic mass is 15.2. The molecule has 1 aromatic rings. The summed E-state index contributed by atoms with van der Waals surface area (Å²) >= 11 is 0. The Balaban J connectivity index is 1.75. The van der Waals surface area contributed by atoms with Crippen molar-refractivity contribution in [3.63, 3.8) is 0 Å². The molecule has 2 aliphatic rings. The summed E-state index contributed by atoms with van der Waals surface area (Å²) in [6, 6.07) is 5.07. The summed E-state index contributed by atoms with van der Waals surface area (Å²) in [7, 11) is 0. The van der Waals surface area contributed by atoms with Crippen LogP contribution in [0.25, 0.3) is 0 Å². The van der Waals surface area contributed by atoms with Gasteiger partial charge in [0, 0.05) is 24.8 Å². The van der Waals surface area contributed by atoms with Crippen molar-refractivity contribution in [2.24, 2.45) is 5.92 Å². The van der Waals surface area contributed by atoms with E-state index in [-0.39, 0.29) is 0 Å². The summed E-state index contributed by atoms with van der Waals surface area (Å²) in [4.78, 5) is 7.23. The summed E-state index contributed by atoms with van der Waals surface area (Å²) < 4.78 is 0. The molecule has 2 fully saturated rings. The first-order valence-corrected chi connectivity index (χ1v) is 8.66. The van der Waals surface area contributed by atoms with Gasteiger partial charge in [0.1, 0.15) is 0 Å². The molecule has 1 atom stereocenters. The van der Waals surface area contributed by atoms with Crippen molar-refractivity contribution in [1.82, 2.24) is 10.3 Å². The minimum atomic E-state index is 0.661. The number of aryl methyl sites for hydroxylation is 2. The maximum Gasteiger partial charge on any atom is 0.0608 e. The van der Waals surface area contributed by atoms with E-state index in [1.54, 1.807) is 0 Å². The SMILES string of the molecule is Cc1ccc(N2CCCNC(C3CCCCC3)C2)c(C)n1. The number of pyridine rings is 1. The van der Waals surface area contributed by atoms with Gasteiger partial charge in [-0.2, -0.15) is 0 Å². The van der Waals surface area contributed by atoms with Gasteiger partial charge in [-0.1, -0.05) is 19.3 Å². The second-order valence-electron chi connectivity index (χ2n) is 6.82. The molecule has 1 unspecified atom stereocenters. The van der Waals surface area contributed by atoms with E-state index in [4.69, 9.17) is 0 Å². The van der Waals surface area contributed by atoms with Gasteiger partial charge in [0.05, 0.1) is 11.4 Å². The normalized spacial score (nSPS) is 24.9. The highest BCUT2D eigenvalue weighted by Crippen LogP contribution is 2.29. The van der Waals surface area contributed by atoms with Crippen molar-refractivity contribution in [3.05, 3.63) is 23.5 Å². The summed E-state index contributed by atoms with van der Waals surface area (Å²) in [6.07, 6.45) is 8.35. The Bertz CT molecular complexity index is 466. The van der Waals surface area contributed by atoms with Gasteiger partial charge in [-0.3, -0.25) is 4.98 Å². The molecular formula is C18H29N3. The van der Waals surface area contributed by atoms with Crippen LogP contribution >= 0.6 is 0 Å². The lowest BCUT2D eigenvalue weighted by atomic mass is 9.83. The van der Waals surface area contributed by atoms with Gasteiger partial charge >= 0.3 is 0 Å². The maximum absolute atomic E-state index is 4.65. The van der Waals surface area contributed by atoms with Crippen molar-refractivity contribution in [2.45, 2.75) is 58.4 Å². The molecule has 0 radical (unpaired) electrons. The van der Waals surface area contributed by atoms with Crippen LogP contribution in [-0.2, 0) is 0 Å². The van der Waals surface area contributed by atoms with E-state index >= 15 is 0 Å². The van der Waals surface area contributed by atoms with Gasteiger partial charge < -0.3 is 10.2 Å². The fraction of sp³-hybridized carbons (Fsp3) is 0.722. The van der Waals surface area contributed by atoms with Gasteiger partial charge in [0.25, 0.3) is 0 Å². The van der Waals surface area contributed by atoms with E-state index in [1.165, 1.54) is 49.9 Å². The predicted octanol–water partition coefficient (Wildman–Crippen LogP) is 3.45. The minimum Gasteiger partial charge on any atom is -0.368 e. The number of hydrogen-bond donors (Lipinski definition) is 1. The summed E-state index contributed by atoms with van der Waals surface area (Å²) in [5, 5.41) is 3.82. The van der Waals surface area contributed by atoms with E-state index < -0.39 is 0 Å². The number of aromatic nitrogens is 1.